The zero-order valence-electron chi connectivity index (χ0n) is 28.6. The summed E-state index contributed by atoms with van der Waals surface area (Å²) < 4.78 is 0. The summed E-state index contributed by atoms with van der Waals surface area (Å²) in [4.78, 5) is 0. The Kier molecular flexibility index (Phi) is 6.48. The fourth-order valence-corrected chi connectivity index (χ4v) is 9.29. The van der Waals surface area contributed by atoms with Crippen molar-refractivity contribution in [3.8, 4) is 44.5 Å². The van der Waals surface area contributed by atoms with Crippen LogP contribution in [0.2, 0.25) is 0 Å². The van der Waals surface area contributed by atoms with E-state index in [0.29, 0.717) is 0 Å². The first-order chi connectivity index (χ1) is 25.8. The normalized spacial score (nSPS) is 15.3. The molecule has 0 heterocycles. The van der Waals surface area contributed by atoms with Crippen molar-refractivity contribution in [2.24, 2.45) is 0 Å². The Morgan fingerprint density at radius 1 is 0.269 bits per heavy atom. The maximum Gasteiger partial charge on any atom is 0.0358 e. The van der Waals surface area contributed by atoms with Crippen molar-refractivity contribution >= 4 is 21.5 Å². The fourth-order valence-electron chi connectivity index (χ4n) is 9.29. The lowest BCUT2D eigenvalue weighted by Crippen LogP contribution is -2.02. The first-order valence-electron chi connectivity index (χ1n) is 18.3. The van der Waals surface area contributed by atoms with Gasteiger partial charge in [0.2, 0.25) is 0 Å². The van der Waals surface area contributed by atoms with Gasteiger partial charge in [-0.1, -0.05) is 170 Å². The Bertz CT molecular complexity index is 2840. The quantitative estimate of drug-likeness (QED) is 0.177. The number of fused-ring (bicyclic) bond motifs is 9. The highest BCUT2D eigenvalue weighted by Crippen LogP contribution is 2.54. The molecule has 0 aliphatic heterocycles. The molecule has 0 nitrogen and oxygen atoms in total. The third-order valence-corrected chi connectivity index (χ3v) is 11.6. The molecule has 2 atom stereocenters. The lowest BCUT2D eigenvalue weighted by molar-refractivity contribution is 1.02. The second-order valence-corrected chi connectivity index (χ2v) is 14.4. The largest absolute Gasteiger partial charge is 0.0622 e. The van der Waals surface area contributed by atoms with Crippen molar-refractivity contribution in [3.63, 3.8) is 0 Å². The molecule has 0 saturated heterocycles. The number of hydrogen-bond donors (Lipinski definition) is 0. The van der Waals surface area contributed by atoms with Gasteiger partial charge in [-0.3, -0.25) is 0 Å². The van der Waals surface area contributed by atoms with E-state index in [1.54, 1.807) is 0 Å². The number of rotatable bonds is 4. The van der Waals surface area contributed by atoms with E-state index < -0.39 is 0 Å². The van der Waals surface area contributed by atoms with Gasteiger partial charge in [0.25, 0.3) is 0 Å². The van der Waals surface area contributed by atoms with Gasteiger partial charge in [-0.25, -0.2) is 0 Å². The molecule has 0 amide bonds. The number of hydrogen-bond acceptors (Lipinski definition) is 0. The van der Waals surface area contributed by atoms with Crippen LogP contribution in [0.3, 0.4) is 0 Å². The summed E-state index contributed by atoms with van der Waals surface area (Å²) in [5, 5.41) is 5.16. The molecular formula is C52H34. The minimum Gasteiger partial charge on any atom is -0.0622 e. The van der Waals surface area contributed by atoms with Gasteiger partial charge < -0.3 is 0 Å². The van der Waals surface area contributed by atoms with E-state index in [-0.39, 0.29) is 11.8 Å². The first-order valence-corrected chi connectivity index (χ1v) is 18.3. The zero-order chi connectivity index (χ0) is 34.2. The van der Waals surface area contributed by atoms with Gasteiger partial charge in [-0.15, -0.1) is 0 Å². The molecule has 0 heteroatoms. The maximum atomic E-state index is 2.46. The van der Waals surface area contributed by atoms with Gasteiger partial charge in [-0.2, -0.15) is 0 Å². The Balaban J connectivity index is 1.09. The average molecular weight is 659 g/mol. The molecule has 11 rings (SSSR count). The van der Waals surface area contributed by atoms with Crippen LogP contribution in [0, 0.1) is 0 Å². The summed E-state index contributed by atoms with van der Waals surface area (Å²) in [5.74, 6) is 0.364. The molecule has 0 spiro atoms. The lowest BCUT2D eigenvalue weighted by atomic mass is 9.82. The zero-order valence-corrected chi connectivity index (χ0v) is 28.6. The standard InChI is InChI=1S/C52H34/c1-3-13-33(14-4-1)46-29-36-18-7-8-19-37(36)31-49(46)52-42-22-12-11-21-41(42)47-30-38(24-26-43(47)52)39-25-27-44-48(32-39)51-40-20-10-9-15-34(40)23-28-45(51)50(44)35-16-5-2-6-17-35/h1-32,50,52H. The molecule has 0 radical (unpaired) electrons. The summed E-state index contributed by atoms with van der Waals surface area (Å²) in [6.45, 7) is 0. The van der Waals surface area contributed by atoms with Crippen LogP contribution < -0.4 is 0 Å². The van der Waals surface area contributed by atoms with E-state index in [9.17, 15) is 0 Å². The molecule has 0 saturated carbocycles. The van der Waals surface area contributed by atoms with Crippen molar-refractivity contribution in [2.75, 3.05) is 0 Å². The van der Waals surface area contributed by atoms with Crippen molar-refractivity contribution in [2.45, 2.75) is 11.8 Å². The highest BCUT2D eigenvalue weighted by atomic mass is 14.4. The molecule has 9 aromatic rings. The third-order valence-electron chi connectivity index (χ3n) is 11.6. The lowest BCUT2D eigenvalue weighted by Gasteiger charge is -2.20. The average Bonchev–Trinajstić information content (AvgIpc) is 3.73. The van der Waals surface area contributed by atoms with E-state index >= 15 is 0 Å². The molecule has 2 unspecified atom stereocenters. The van der Waals surface area contributed by atoms with Gasteiger partial charge >= 0.3 is 0 Å². The third kappa shape index (κ3) is 4.41. The maximum absolute atomic E-state index is 2.46. The van der Waals surface area contributed by atoms with Crippen molar-refractivity contribution in [3.05, 3.63) is 228 Å². The number of benzene rings is 9. The predicted octanol–water partition coefficient (Wildman–Crippen LogP) is 13.6. The van der Waals surface area contributed by atoms with E-state index in [2.05, 4.69) is 194 Å². The molecule has 0 aromatic heterocycles. The highest BCUT2D eigenvalue weighted by Gasteiger charge is 2.34. The summed E-state index contributed by atoms with van der Waals surface area (Å²) in [6.07, 6.45) is 0. The van der Waals surface area contributed by atoms with Crippen LogP contribution in [-0.2, 0) is 0 Å². The van der Waals surface area contributed by atoms with Crippen LogP contribution in [0.5, 0.6) is 0 Å². The topological polar surface area (TPSA) is 0 Å². The Hall–Kier alpha value is -6.50. The molecule has 52 heavy (non-hydrogen) atoms. The second kappa shape index (κ2) is 11.5. The summed E-state index contributed by atoms with van der Waals surface area (Å²) in [6, 6.07) is 72.5. The molecule has 2 aliphatic rings. The minimum absolute atomic E-state index is 0.143. The van der Waals surface area contributed by atoms with Gasteiger partial charge in [0.15, 0.2) is 0 Å². The minimum atomic E-state index is 0.143. The van der Waals surface area contributed by atoms with Crippen LogP contribution in [0.4, 0.5) is 0 Å². The van der Waals surface area contributed by atoms with Crippen LogP contribution in [0.1, 0.15) is 45.2 Å². The summed E-state index contributed by atoms with van der Waals surface area (Å²) >= 11 is 0. The van der Waals surface area contributed by atoms with Gasteiger partial charge in [0.05, 0.1) is 0 Å². The Labute approximate surface area is 304 Å². The Morgan fingerprint density at radius 2 is 0.846 bits per heavy atom. The molecule has 0 fully saturated rings. The van der Waals surface area contributed by atoms with E-state index in [1.807, 2.05) is 0 Å². The van der Waals surface area contributed by atoms with Crippen molar-refractivity contribution in [1.82, 2.24) is 0 Å². The van der Waals surface area contributed by atoms with Gasteiger partial charge in [0.1, 0.15) is 0 Å². The van der Waals surface area contributed by atoms with Gasteiger partial charge in [0, 0.05) is 11.8 Å². The van der Waals surface area contributed by atoms with Gasteiger partial charge in [-0.05, 0) is 124 Å². The summed E-state index contributed by atoms with van der Waals surface area (Å²) in [5.41, 5.74) is 18.7. The van der Waals surface area contributed by atoms with Crippen LogP contribution >= 0.6 is 0 Å². The van der Waals surface area contributed by atoms with Crippen molar-refractivity contribution in [1.29, 1.82) is 0 Å². The molecule has 242 valence electrons. The molecule has 0 N–H and O–H groups in total. The second-order valence-electron chi connectivity index (χ2n) is 14.4. The Morgan fingerprint density at radius 3 is 1.63 bits per heavy atom. The van der Waals surface area contributed by atoms with Crippen LogP contribution in [0.15, 0.2) is 194 Å². The molecule has 9 aromatic carbocycles. The summed E-state index contributed by atoms with van der Waals surface area (Å²) in [7, 11) is 0. The SMILES string of the molecule is c1ccc(-c2cc3ccccc3cc2C2c3ccccc3-c3cc(-c4ccc5c(c4)-c4c(ccc6ccccc46)C5c4ccccc4)ccc32)cc1. The van der Waals surface area contributed by atoms with Crippen molar-refractivity contribution < 1.29 is 0 Å². The van der Waals surface area contributed by atoms with E-state index in [4.69, 9.17) is 0 Å². The predicted molar refractivity (Wildman–Crippen MR) is 218 cm³/mol. The molecule has 0 bridgehead atoms. The molecule has 2 aliphatic carbocycles. The van der Waals surface area contributed by atoms with Crippen LogP contribution in [-0.4, -0.2) is 0 Å². The monoisotopic (exact) mass is 658 g/mol. The highest BCUT2D eigenvalue weighted by molar-refractivity contribution is 6.03. The molecular weight excluding hydrogens is 625 g/mol. The van der Waals surface area contributed by atoms with Crippen LogP contribution in [0.25, 0.3) is 66.1 Å². The van der Waals surface area contributed by atoms with E-state index in [1.165, 1.54) is 99.4 Å². The fraction of sp³-hybridized carbons (Fsp3) is 0.0385. The smallest absolute Gasteiger partial charge is 0.0358 e. The van der Waals surface area contributed by atoms with E-state index in [0.717, 1.165) is 0 Å². The first kappa shape index (κ1) is 29.3.